The van der Waals surface area contributed by atoms with Crippen molar-refractivity contribution < 1.29 is 9.18 Å². The van der Waals surface area contributed by atoms with Gasteiger partial charge in [-0.2, -0.15) is 5.26 Å². The summed E-state index contributed by atoms with van der Waals surface area (Å²) in [7, 11) is 0. The van der Waals surface area contributed by atoms with Crippen LogP contribution in [0.3, 0.4) is 0 Å². The van der Waals surface area contributed by atoms with Crippen LogP contribution < -0.4 is 5.56 Å². The molecule has 0 saturated carbocycles. The van der Waals surface area contributed by atoms with Crippen molar-refractivity contribution in [3.8, 4) is 6.07 Å². The third-order valence-corrected chi connectivity index (χ3v) is 6.15. The molecule has 0 fully saturated rings. The van der Waals surface area contributed by atoms with E-state index < -0.39 is 17.5 Å². The second-order valence-corrected chi connectivity index (χ2v) is 7.82. The van der Waals surface area contributed by atoms with Crippen molar-refractivity contribution in [1.29, 1.82) is 5.26 Å². The molecule has 0 saturated heterocycles. The number of ketones is 1. The summed E-state index contributed by atoms with van der Waals surface area (Å²) in [6.07, 6.45) is 3.90. The third kappa shape index (κ3) is 2.96. The molecule has 1 N–H and O–H groups in total. The second kappa shape index (κ2) is 6.71. The fourth-order valence-electron chi connectivity index (χ4n) is 3.47. The maximum atomic E-state index is 13.8. The van der Waals surface area contributed by atoms with Gasteiger partial charge in [-0.05, 0) is 49.8 Å². The number of carbonyl (C=O) groups is 1. The van der Waals surface area contributed by atoms with E-state index in [1.807, 2.05) is 6.07 Å². The van der Waals surface area contributed by atoms with E-state index in [2.05, 4.69) is 9.97 Å². The van der Waals surface area contributed by atoms with Gasteiger partial charge in [0.25, 0.3) is 5.56 Å². The van der Waals surface area contributed by atoms with E-state index in [0.717, 1.165) is 42.2 Å². The molecule has 27 heavy (non-hydrogen) atoms. The average molecular weight is 381 g/mol. The zero-order valence-corrected chi connectivity index (χ0v) is 15.5. The van der Waals surface area contributed by atoms with Crippen molar-refractivity contribution in [3.05, 3.63) is 61.8 Å². The molecule has 0 radical (unpaired) electrons. The molecule has 1 aliphatic carbocycles. The lowest BCUT2D eigenvalue weighted by Gasteiger charge is -2.10. The number of hydrogen-bond donors (Lipinski definition) is 1. The quantitative estimate of drug-likeness (QED) is 0.699. The minimum Gasteiger partial charge on any atom is -0.308 e. The first-order valence-corrected chi connectivity index (χ1v) is 9.55. The molecule has 1 aromatic carbocycles. The molecular weight excluding hydrogens is 365 g/mol. The number of nitrogens with zero attached hydrogens (tertiary/aromatic N) is 2. The molecule has 1 atom stereocenters. The van der Waals surface area contributed by atoms with Gasteiger partial charge in [-0.3, -0.25) is 9.59 Å². The van der Waals surface area contributed by atoms with Crippen molar-refractivity contribution >= 4 is 27.3 Å². The van der Waals surface area contributed by atoms with E-state index >= 15 is 0 Å². The first kappa shape index (κ1) is 17.6. The number of halogens is 1. The van der Waals surface area contributed by atoms with Gasteiger partial charge in [0.05, 0.1) is 11.5 Å². The molecular formula is C20H16FN3O2S. The highest BCUT2D eigenvalue weighted by molar-refractivity contribution is 7.18. The van der Waals surface area contributed by atoms with Gasteiger partial charge in [0, 0.05) is 10.4 Å². The minimum atomic E-state index is -1.29. The van der Waals surface area contributed by atoms with Gasteiger partial charge < -0.3 is 4.98 Å². The zero-order valence-electron chi connectivity index (χ0n) is 14.6. The number of aromatic nitrogens is 2. The molecule has 2 aromatic heterocycles. The molecule has 0 aliphatic heterocycles. The highest BCUT2D eigenvalue weighted by Gasteiger charge is 2.27. The normalized spacial score (nSPS) is 14.6. The number of aryl methyl sites for hydroxylation is 3. The number of Topliss-reactive ketones (excluding diaryl/α,β-unsaturated/α-hetero) is 1. The summed E-state index contributed by atoms with van der Waals surface area (Å²) >= 11 is 1.46. The zero-order chi connectivity index (χ0) is 19.1. The highest BCUT2D eigenvalue weighted by Crippen LogP contribution is 2.34. The van der Waals surface area contributed by atoms with Gasteiger partial charge >= 0.3 is 0 Å². The van der Waals surface area contributed by atoms with Crippen LogP contribution in [0.4, 0.5) is 4.39 Å². The van der Waals surface area contributed by atoms with E-state index in [1.165, 1.54) is 23.5 Å². The highest BCUT2D eigenvalue weighted by atomic mass is 32.1. The Labute approximate surface area is 158 Å². The van der Waals surface area contributed by atoms with Gasteiger partial charge in [-0.1, -0.05) is 12.1 Å². The molecule has 3 aromatic rings. The summed E-state index contributed by atoms with van der Waals surface area (Å²) in [6, 6.07) is 5.99. The van der Waals surface area contributed by atoms with Gasteiger partial charge in [0.15, 0.2) is 11.7 Å². The van der Waals surface area contributed by atoms with Crippen LogP contribution in [0.25, 0.3) is 10.2 Å². The number of rotatable bonds is 3. The largest absolute Gasteiger partial charge is 0.308 e. The smallest absolute Gasteiger partial charge is 0.259 e. The number of thiophene rings is 1. The Kier molecular flexibility index (Phi) is 4.36. The van der Waals surface area contributed by atoms with Crippen molar-refractivity contribution in [2.45, 2.75) is 38.5 Å². The molecule has 136 valence electrons. The Bertz CT molecular complexity index is 1170. The van der Waals surface area contributed by atoms with Crippen LogP contribution in [0.1, 0.15) is 50.9 Å². The van der Waals surface area contributed by atoms with Gasteiger partial charge in [0.1, 0.15) is 16.5 Å². The maximum Gasteiger partial charge on any atom is 0.259 e. The molecule has 0 spiro atoms. The Morgan fingerprint density at radius 2 is 2.15 bits per heavy atom. The van der Waals surface area contributed by atoms with Crippen molar-refractivity contribution in [1.82, 2.24) is 9.97 Å². The predicted molar refractivity (Wildman–Crippen MR) is 101 cm³/mol. The van der Waals surface area contributed by atoms with Gasteiger partial charge in [-0.25, -0.2) is 9.37 Å². The van der Waals surface area contributed by atoms with Gasteiger partial charge in [0.2, 0.25) is 0 Å². The monoisotopic (exact) mass is 381 g/mol. The molecule has 1 unspecified atom stereocenters. The molecule has 2 heterocycles. The van der Waals surface area contributed by atoms with Crippen molar-refractivity contribution in [2.75, 3.05) is 0 Å². The van der Waals surface area contributed by atoms with E-state index in [9.17, 15) is 19.2 Å². The topological polar surface area (TPSA) is 86.6 Å². The van der Waals surface area contributed by atoms with Crippen LogP contribution >= 0.6 is 11.3 Å². The number of nitrogens with one attached hydrogen (secondary N) is 1. The summed E-state index contributed by atoms with van der Waals surface area (Å²) in [6.45, 7) is 1.59. The van der Waals surface area contributed by atoms with Gasteiger partial charge in [-0.15, -0.1) is 11.3 Å². The molecule has 7 heteroatoms. The van der Waals surface area contributed by atoms with E-state index in [0.29, 0.717) is 15.8 Å². The van der Waals surface area contributed by atoms with Crippen molar-refractivity contribution in [2.24, 2.45) is 0 Å². The summed E-state index contributed by atoms with van der Waals surface area (Å²) < 4.78 is 13.8. The van der Waals surface area contributed by atoms with Crippen LogP contribution in [0.5, 0.6) is 0 Å². The number of hydrogen-bond acceptors (Lipinski definition) is 5. The molecule has 4 rings (SSSR count). The summed E-state index contributed by atoms with van der Waals surface area (Å²) in [5.41, 5.74) is 1.22. The average Bonchev–Trinajstić information content (AvgIpc) is 3.03. The lowest BCUT2D eigenvalue weighted by molar-refractivity contribution is 0.0976. The minimum absolute atomic E-state index is 0.0135. The number of H-pyrrole nitrogens is 1. The van der Waals surface area contributed by atoms with Crippen LogP contribution in [-0.2, 0) is 12.8 Å². The third-order valence-electron chi connectivity index (χ3n) is 4.96. The lowest BCUT2D eigenvalue weighted by atomic mass is 9.96. The second-order valence-electron chi connectivity index (χ2n) is 6.73. The maximum absolute atomic E-state index is 13.8. The van der Waals surface area contributed by atoms with Crippen LogP contribution in [0.15, 0.2) is 23.0 Å². The van der Waals surface area contributed by atoms with Crippen LogP contribution in [0.2, 0.25) is 0 Å². The fraction of sp³-hybridized carbons (Fsp3) is 0.300. The molecule has 5 nitrogen and oxygen atoms in total. The number of benzene rings is 1. The van der Waals surface area contributed by atoms with Crippen molar-refractivity contribution in [3.63, 3.8) is 0 Å². The molecule has 0 bridgehead atoms. The number of fused-ring (bicyclic) bond motifs is 3. The summed E-state index contributed by atoms with van der Waals surface area (Å²) in [4.78, 5) is 34.1. The first-order valence-electron chi connectivity index (χ1n) is 8.74. The lowest BCUT2D eigenvalue weighted by Crippen LogP contribution is -2.20. The van der Waals surface area contributed by atoms with E-state index in [-0.39, 0.29) is 16.9 Å². The number of aromatic amines is 1. The SMILES string of the molecule is Cc1ccc(C(=O)C(C#N)c2nc3sc4c(c3c(=O)[nH]2)CCCC4)cc1F. The fourth-order valence-corrected chi connectivity index (χ4v) is 4.74. The van der Waals surface area contributed by atoms with E-state index in [4.69, 9.17) is 0 Å². The molecule has 1 aliphatic rings. The first-order chi connectivity index (χ1) is 13.0. The Morgan fingerprint density at radius 1 is 1.37 bits per heavy atom. The summed E-state index contributed by atoms with van der Waals surface area (Å²) in [5, 5.41) is 10.1. The van der Waals surface area contributed by atoms with Crippen LogP contribution in [0, 0.1) is 24.1 Å². The van der Waals surface area contributed by atoms with Crippen LogP contribution in [-0.4, -0.2) is 15.8 Å². The van der Waals surface area contributed by atoms with E-state index in [1.54, 1.807) is 6.92 Å². The number of carbonyl (C=O) groups excluding carboxylic acids is 1. The predicted octanol–water partition coefficient (Wildman–Crippen LogP) is 3.80. The Hall–Kier alpha value is -2.85. The summed E-state index contributed by atoms with van der Waals surface area (Å²) in [5.74, 6) is -2.37. The molecule has 0 amide bonds. The standard InChI is InChI=1S/C20H16FN3O2S/c1-10-6-7-11(8-14(10)21)17(25)13(9-22)18-23-19(26)16-12-4-2-3-5-15(12)27-20(16)24-18/h6-8,13H,2-5H2,1H3,(H,23,24,26). The Balaban J connectivity index is 1.79. The Morgan fingerprint density at radius 3 is 2.89 bits per heavy atom. The number of nitriles is 1.